The van der Waals surface area contributed by atoms with Crippen LogP contribution in [0, 0.1) is 0 Å². The Morgan fingerprint density at radius 1 is 1.65 bits per heavy atom. The highest BCUT2D eigenvalue weighted by Gasteiger charge is 2.20. The molecule has 17 heavy (non-hydrogen) atoms. The van der Waals surface area contributed by atoms with Crippen molar-refractivity contribution in [1.82, 2.24) is 4.90 Å². The smallest absolute Gasteiger partial charge is 0.255 e. The van der Waals surface area contributed by atoms with Gasteiger partial charge in [0.05, 0.1) is 16.0 Å². The quantitative estimate of drug-likeness (QED) is 0.804. The lowest BCUT2D eigenvalue weighted by atomic mass is 10.2. The molecule has 1 rings (SSSR count). The van der Waals surface area contributed by atoms with Gasteiger partial charge in [0.25, 0.3) is 5.91 Å². The van der Waals surface area contributed by atoms with Gasteiger partial charge in [-0.15, -0.1) is 11.3 Å². The van der Waals surface area contributed by atoms with Crippen molar-refractivity contribution in [2.24, 2.45) is 0 Å². The van der Waals surface area contributed by atoms with Gasteiger partial charge in [-0.3, -0.25) is 4.79 Å². The second-order valence-electron chi connectivity index (χ2n) is 3.89. The molecule has 1 unspecified atom stereocenters. The lowest BCUT2D eigenvalue weighted by molar-refractivity contribution is 0.0614. The zero-order valence-electron chi connectivity index (χ0n) is 10.4. The van der Waals surface area contributed by atoms with E-state index >= 15 is 0 Å². The molecule has 5 heteroatoms. The van der Waals surface area contributed by atoms with Gasteiger partial charge in [0.15, 0.2) is 0 Å². The second-order valence-corrected chi connectivity index (χ2v) is 6.18. The Kier molecular flexibility index (Phi) is 6.16. The molecule has 0 spiro atoms. The summed E-state index contributed by atoms with van der Waals surface area (Å²) in [6.07, 6.45) is 0.945. The Balaban J connectivity index is 2.78. The highest BCUT2D eigenvalue weighted by atomic mass is 79.9. The van der Waals surface area contributed by atoms with Gasteiger partial charge >= 0.3 is 0 Å². The molecule has 0 aliphatic heterocycles. The van der Waals surface area contributed by atoms with Crippen molar-refractivity contribution in [1.29, 1.82) is 0 Å². The van der Waals surface area contributed by atoms with E-state index in [1.165, 1.54) is 11.3 Å². The number of carbonyl (C=O) groups is 1. The van der Waals surface area contributed by atoms with Gasteiger partial charge in [0.1, 0.15) is 0 Å². The van der Waals surface area contributed by atoms with E-state index in [2.05, 4.69) is 29.8 Å². The summed E-state index contributed by atoms with van der Waals surface area (Å²) in [7, 11) is 1.65. The van der Waals surface area contributed by atoms with E-state index in [1.807, 2.05) is 16.3 Å². The summed E-state index contributed by atoms with van der Waals surface area (Å²) in [6.45, 7) is 5.36. The van der Waals surface area contributed by atoms with E-state index in [9.17, 15) is 4.79 Å². The van der Waals surface area contributed by atoms with Crippen LogP contribution in [0.4, 0.5) is 0 Å². The summed E-state index contributed by atoms with van der Waals surface area (Å²) in [4.78, 5) is 14.2. The van der Waals surface area contributed by atoms with Gasteiger partial charge in [0, 0.05) is 25.1 Å². The predicted molar refractivity (Wildman–Crippen MR) is 74.7 cm³/mol. The average molecular weight is 320 g/mol. The molecule has 1 heterocycles. The summed E-state index contributed by atoms with van der Waals surface area (Å²) in [6, 6.07) is 2.10. The van der Waals surface area contributed by atoms with E-state index in [0.717, 1.165) is 15.8 Å². The third kappa shape index (κ3) is 4.08. The number of ether oxygens (including phenoxy) is 1. The van der Waals surface area contributed by atoms with Crippen molar-refractivity contribution in [3.63, 3.8) is 0 Å². The summed E-state index contributed by atoms with van der Waals surface area (Å²) in [5.41, 5.74) is 0.748. The minimum absolute atomic E-state index is 0.0818. The van der Waals surface area contributed by atoms with Crippen molar-refractivity contribution < 1.29 is 9.53 Å². The third-order valence-corrected chi connectivity index (χ3v) is 4.24. The Labute approximate surface area is 115 Å². The molecule has 0 aliphatic rings. The van der Waals surface area contributed by atoms with Crippen LogP contribution >= 0.6 is 27.3 Å². The molecule has 1 atom stereocenters. The van der Waals surface area contributed by atoms with E-state index in [1.54, 1.807) is 7.11 Å². The van der Waals surface area contributed by atoms with E-state index in [4.69, 9.17) is 4.74 Å². The fraction of sp³-hybridized carbons (Fsp3) is 0.583. The second kappa shape index (κ2) is 7.13. The molecule has 0 saturated carbocycles. The number of thiophene rings is 1. The molecule has 0 radical (unpaired) electrons. The van der Waals surface area contributed by atoms with E-state index in [0.29, 0.717) is 13.2 Å². The normalized spacial score (nSPS) is 12.5. The third-order valence-electron chi connectivity index (χ3n) is 2.73. The summed E-state index contributed by atoms with van der Waals surface area (Å²) in [5.74, 6) is 0.0818. The number of hydrogen-bond donors (Lipinski definition) is 0. The number of amides is 1. The fourth-order valence-electron chi connectivity index (χ4n) is 1.52. The molecule has 1 aromatic rings. The molecule has 0 aromatic carbocycles. The Morgan fingerprint density at radius 3 is 2.82 bits per heavy atom. The van der Waals surface area contributed by atoms with Crippen LogP contribution in [0.3, 0.4) is 0 Å². The van der Waals surface area contributed by atoms with E-state index in [-0.39, 0.29) is 11.9 Å². The van der Waals surface area contributed by atoms with Gasteiger partial charge < -0.3 is 9.64 Å². The fourth-order valence-corrected chi connectivity index (χ4v) is 2.65. The van der Waals surface area contributed by atoms with Crippen molar-refractivity contribution >= 4 is 33.2 Å². The maximum atomic E-state index is 12.3. The summed E-state index contributed by atoms with van der Waals surface area (Å²) >= 11 is 4.91. The van der Waals surface area contributed by atoms with Crippen LogP contribution in [0.25, 0.3) is 0 Å². The molecule has 0 fully saturated rings. The highest BCUT2D eigenvalue weighted by molar-refractivity contribution is 9.11. The molecule has 1 amide bonds. The highest BCUT2D eigenvalue weighted by Crippen LogP contribution is 2.22. The number of halogens is 1. The minimum Gasteiger partial charge on any atom is -0.383 e. The molecule has 1 aromatic heterocycles. The van der Waals surface area contributed by atoms with Crippen molar-refractivity contribution in [2.75, 3.05) is 20.3 Å². The van der Waals surface area contributed by atoms with Gasteiger partial charge in [-0.2, -0.15) is 0 Å². The minimum atomic E-state index is 0.0818. The van der Waals surface area contributed by atoms with Crippen LogP contribution in [-0.2, 0) is 4.74 Å². The standard InChI is InChI=1S/C12H18BrNO2S/c1-4-9(2)14(5-6-16-3)12(15)10-7-11(13)17-8-10/h7-9H,4-6H2,1-3H3. The van der Waals surface area contributed by atoms with Crippen molar-refractivity contribution in [2.45, 2.75) is 26.3 Å². The number of methoxy groups -OCH3 is 1. The zero-order valence-corrected chi connectivity index (χ0v) is 12.8. The molecule has 0 bridgehead atoms. The van der Waals surface area contributed by atoms with Gasteiger partial charge in [0.2, 0.25) is 0 Å². The lowest BCUT2D eigenvalue weighted by Crippen LogP contribution is -2.40. The Bertz CT molecular complexity index is 367. The molecular weight excluding hydrogens is 302 g/mol. The SMILES string of the molecule is CCC(C)N(CCOC)C(=O)c1csc(Br)c1. The summed E-state index contributed by atoms with van der Waals surface area (Å²) in [5, 5.41) is 1.88. The first-order chi connectivity index (χ1) is 8.10. The Morgan fingerprint density at radius 2 is 2.35 bits per heavy atom. The predicted octanol–water partition coefficient (Wildman–Crippen LogP) is 3.40. The van der Waals surface area contributed by atoms with E-state index < -0.39 is 0 Å². The first-order valence-corrected chi connectivity index (χ1v) is 7.31. The monoisotopic (exact) mass is 319 g/mol. The van der Waals surface area contributed by atoms with Gasteiger partial charge in [-0.05, 0) is 35.3 Å². The average Bonchev–Trinajstić information content (AvgIpc) is 2.75. The largest absolute Gasteiger partial charge is 0.383 e. The first-order valence-electron chi connectivity index (χ1n) is 5.64. The van der Waals surface area contributed by atoms with Crippen molar-refractivity contribution in [3.8, 4) is 0 Å². The van der Waals surface area contributed by atoms with Crippen LogP contribution < -0.4 is 0 Å². The maximum Gasteiger partial charge on any atom is 0.255 e. The number of hydrogen-bond acceptors (Lipinski definition) is 3. The van der Waals surface area contributed by atoms with Crippen LogP contribution in [0.5, 0.6) is 0 Å². The Hall–Kier alpha value is -0.390. The molecule has 0 saturated heterocycles. The van der Waals surface area contributed by atoms with Crippen LogP contribution in [-0.4, -0.2) is 37.1 Å². The van der Waals surface area contributed by atoms with Crippen LogP contribution in [0.15, 0.2) is 15.2 Å². The maximum absolute atomic E-state index is 12.3. The molecular formula is C12H18BrNO2S. The topological polar surface area (TPSA) is 29.5 Å². The number of rotatable bonds is 6. The zero-order chi connectivity index (χ0) is 12.8. The molecule has 3 nitrogen and oxygen atoms in total. The van der Waals surface area contributed by atoms with Gasteiger partial charge in [-0.1, -0.05) is 6.92 Å². The first kappa shape index (κ1) is 14.7. The molecule has 0 aliphatic carbocycles. The van der Waals surface area contributed by atoms with Gasteiger partial charge in [-0.25, -0.2) is 0 Å². The molecule has 0 N–H and O–H groups in total. The summed E-state index contributed by atoms with van der Waals surface area (Å²) < 4.78 is 6.04. The number of nitrogens with zero attached hydrogens (tertiary/aromatic N) is 1. The van der Waals surface area contributed by atoms with Crippen LogP contribution in [0.2, 0.25) is 0 Å². The number of carbonyl (C=O) groups excluding carboxylic acids is 1. The van der Waals surface area contributed by atoms with Crippen molar-refractivity contribution in [3.05, 3.63) is 20.8 Å². The lowest BCUT2D eigenvalue weighted by Gasteiger charge is -2.28. The molecule has 96 valence electrons. The van der Waals surface area contributed by atoms with Crippen LogP contribution in [0.1, 0.15) is 30.6 Å².